The van der Waals surface area contributed by atoms with Crippen LogP contribution in [-0.4, -0.2) is 4.99 Å². The van der Waals surface area contributed by atoms with Crippen molar-refractivity contribution in [2.75, 3.05) is 0 Å². The predicted octanol–water partition coefficient (Wildman–Crippen LogP) is -5.57. The van der Waals surface area contributed by atoms with Crippen LogP contribution < -0.4 is 42.6 Å². The van der Waals surface area contributed by atoms with Crippen molar-refractivity contribution in [3.63, 3.8) is 0 Å². The van der Waals surface area contributed by atoms with Crippen molar-refractivity contribution in [1.82, 2.24) is 0 Å². The van der Waals surface area contributed by atoms with Gasteiger partial charge in [-0.25, -0.2) is 7.84 Å². The van der Waals surface area contributed by atoms with Crippen molar-refractivity contribution in [3.05, 3.63) is 0 Å². The first-order chi connectivity index (χ1) is 2.64. The minimum Gasteiger partial charge on any atom is -0.827 e. The summed E-state index contributed by atoms with van der Waals surface area (Å²) in [4.78, 5) is 10.1. The molecule has 0 saturated carbocycles. The van der Waals surface area contributed by atoms with E-state index in [2.05, 4.69) is 21.6 Å². The quantitative estimate of drug-likeness (QED) is 0.213. The molecule has 0 radical (unpaired) electrons. The van der Waals surface area contributed by atoms with Gasteiger partial charge in [-0.05, 0) is 0 Å². The fourth-order valence-corrected chi connectivity index (χ4v) is 0. The summed E-state index contributed by atoms with van der Waals surface area (Å²) in [5.74, 6) is 0. The van der Waals surface area contributed by atoms with Crippen LogP contribution >= 0.6 is 16.8 Å². The second-order valence-electron chi connectivity index (χ2n) is 0.959. The Kier molecular flexibility index (Phi) is 19.6. The monoisotopic (exact) mass is 154 g/mol. The zero-order valence-corrected chi connectivity index (χ0v) is 8.28. The fourth-order valence-electron chi connectivity index (χ4n) is 0. The molecule has 0 fully saturated rings. The normalized spacial score (nSPS) is 15.0. The third-order valence-electron chi connectivity index (χ3n) is 0.358. The predicted molar refractivity (Wildman–Crippen MR) is 33.5 cm³/mol. The molecule has 6 heteroatoms. The van der Waals surface area contributed by atoms with Gasteiger partial charge < -0.3 is 17.5 Å². The van der Waals surface area contributed by atoms with Crippen LogP contribution in [0.2, 0.25) is 0 Å². The molecule has 3 unspecified atom stereocenters. The smallest absolute Gasteiger partial charge is 0.827 e. The summed E-state index contributed by atoms with van der Waals surface area (Å²) in [6, 6.07) is 0. The third kappa shape index (κ3) is 11.2. The molecule has 0 aliphatic heterocycles. The molecule has 0 aliphatic carbocycles. The standard InChI is InChI=1S/C2H7OP2S.2Li/c1-2(6)5(3)4;;/h2,6H,4H2,1H3;;/q-1;2*+1/p-1. The zero-order chi connectivity index (χ0) is 5.15. The van der Waals surface area contributed by atoms with Gasteiger partial charge in [0.15, 0.2) is 0 Å². The molecule has 0 aromatic carbocycles. The van der Waals surface area contributed by atoms with Gasteiger partial charge in [-0.2, -0.15) is 4.99 Å². The number of hydrogen-bond donors (Lipinski definition) is 0. The molecule has 0 spiro atoms. The first-order valence-corrected chi connectivity index (χ1v) is 4.93. The van der Waals surface area contributed by atoms with Gasteiger partial charge in [0.1, 0.15) is 0 Å². The van der Waals surface area contributed by atoms with Crippen LogP contribution in [0.4, 0.5) is 0 Å². The average molecular weight is 154 g/mol. The Bertz CT molecular complexity index is 39.0. The molecule has 1 nitrogen and oxygen atoms in total. The number of rotatable bonds is 1. The summed E-state index contributed by atoms with van der Waals surface area (Å²) in [5, 5.41) is 0. The van der Waals surface area contributed by atoms with E-state index in [1.165, 1.54) is 0 Å². The van der Waals surface area contributed by atoms with Crippen LogP contribution in [0, 0.1) is 0 Å². The molecule has 0 rings (SSSR count). The van der Waals surface area contributed by atoms with Crippen molar-refractivity contribution in [2.24, 2.45) is 0 Å². The average Bonchev–Trinajstić information content (AvgIpc) is 1.36. The van der Waals surface area contributed by atoms with E-state index >= 15 is 0 Å². The summed E-state index contributed by atoms with van der Waals surface area (Å²) in [7, 11) is 1.00. The number of hydrogen-bond acceptors (Lipinski definition) is 2. The van der Waals surface area contributed by atoms with E-state index < -0.39 is 7.84 Å². The van der Waals surface area contributed by atoms with Gasteiger partial charge in [0, 0.05) is 0 Å². The van der Waals surface area contributed by atoms with E-state index in [9.17, 15) is 4.89 Å². The van der Waals surface area contributed by atoms with Crippen molar-refractivity contribution in [2.45, 2.75) is 11.9 Å². The summed E-state index contributed by atoms with van der Waals surface area (Å²) in [5.41, 5.74) is 0. The second-order valence-corrected chi connectivity index (χ2v) is 5.04. The maximum atomic E-state index is 10.2. The first-order valence-electron chi connectivity index (χ1n) is 1.51. The summed E-state index contributed by atoms with van der Waals surface area (Å²) < 4.78 is 0. The van der Waals surface area contributed by atoms with Gasteiger partial charge in [0.05, 0.1) is 0 Å². The second kappa shape index (κ2) is 9.36. The molecular formula is C2H6Li2OP2S. The van der Waals surface area contributed by atoms with Crippen LogP contribution in [-0.2, 0) is 12.6 Å². The Morgan fingerprint density at radius 3 is 1.75 bits per heavy atom. The maximum absolute atomic E-state index is 10.2. The third-order valence-corrected chi connectivity index (χ3v) is 3.69. The molecule has 8 heavy (non-hydrogen) atoms. The molecule has 0 bridgehead atoms. The van der Waals surface area contributed by atoms with Gasteiger partial charge in [0.2, 0.25) is 0 Å². The summed E-state index contributed by atoms with van der Waals surface area (Å²) >= 11 is 4.60. The Labute approximate surface area is 83.5 Å². The van der Waals surface area contributed by atoms with Crippen molar-refractivity contribution < 1.29 is 42.6 Å². The summed E-state index contributed by atoms with van der Waals surface area (Å²) in [6.07, 6.45) is 0. The minimum absolute atomic E-state index is 0. The van der Waals surface area contributed by atoms with E-state index in [-0.39, 0.29) is 42.7 Å². The van der Waals surface area contributed by atoms with Crippen LogP contribution in [0.25, 0.3) is 0 Å². The molecule has 3 atom stereocenters. The van der Waals surface area contributed by atoms with Crippen molar-refractivity contribution >= 4 is 29.4 Å². The first kappa shape index (κ1) is 16.8. The molecule has 0 aliphatic rings. The van der Waals surface area contributed by atoms with Crippen molar-refractivity contribution in [1.29, 1.82) is 0 Å². The Morgan fingerprint density at radius 2 is 1.75 bits per heavy atom. The van der Waals surface area contributed by atoms with Gasteiger partial charge in [-0.1, -0.05) is 6.92 Å². The summed E-state index contributed by atoms with van der Waals surface area (Å²) in [6.45, 7) is 1.75. The largest absolute Gasteiger partial charge is 1.00 e. The van der Waals surface area contributed by atoms with Gasteiger partial charge in [-0.15, -0.1) is 8.93 Å². The van der Waals surface area contributed by atoms with E-state index in [0.717, 1.165) is 0 Å². The van der Waals surface area contributed by atoms with E-state index in [4.69, 9.17) is 0 Å². The Hall–Kier alpha value is 2.36. The molecule has 0 saturated heterocycles. The molecule has 0 aromatic rings. The van der Waals surface area contributed by atoms with Crippen LogP contribution in [0.15, 0.2) is 0 Å². The van der Waals surface area contributed by atoms with Crippen LogP contribution in [0.3, 0.4) is 0 Å². The topological polar surface area (TPSA) is 23.1 Å². The fraction of sp³-hybridized carbons (Fsp3) is 1.00. The van der Waals surface area contributed by atoms with Gasteiger partial charge in [0.25, 0.3) is 0 Å². The minimum atomic E-state index is -1.18. The van der Waals surface area contributed by atoms with Crippen LogP contribution in [0.1, 0.15) is 6.92 Å². The van der Waals surface area contributed by atoms with E-state index in [1.807, 2.05) is 0 Å². The maximum Gasteiger partial charge on any atom is 1.00 e. The van der Waals surface area contributed by atoms with Gasteiger partial charge in [-0.3, -0.25) is 0 Å². The molecule has 0 heterocycles. The van der Waals surface area contributed by atoms with E-state index in [1.54, 1.807) is 6.92 Å². The molecule has 0 aromatic heterocycles. The molecular weight excluding hydrogens is 148 g/mol. The Balaban J connectivity index is -0.000000125. The van der Waals surface area contributed by atoms with Crippen LogP contribution in [0.5, 0.6) is 0 Å². The SMILES string of the molecule is CC([S-])P([O-])P.[Li+].[Li+]. The van der Waals surface area contributed by atoms with Crippen molar-refractivity contribution in [3.8, 4) is 0 Å². The Morgan fingerprint density at radius 1 is 1.62 bits per heavy atom. The molecule has 0 amide bonds. The molecule has 0 N–H and O–H groups in total. The van der Waals surface area contributed by atoms with E-state index in [0.29, 0.717) is 0 Å². The zero-order valence-electron chi connectivity index (χ0n) is 5.42. The van der Waals surface area contributed by atoms with Gasteiger partial charge >= 0.3 is 37.7 Å². The molecule has 38 valence electrons.